The smallest absolute Gasteiger partial charge is 0.166 e. The summed E-state index contributed by atoms with van der Waals surface area (Å²) in [6, 6.07) is 12.8. The summed E-state index contributed by atoms with van der Waals surface area (Å²) in [5.41, 5.74) is 6.01. The van der Waals surface area contributed by atoms with Gasteiger partial charge in [-0.3, -0.25) is 4.99 Å². The first-order valence-electron chi connectivity index (χ1n) is 9.33. The first-order chi connectivity index (χ1) is 12.3. The molecular formula is C23H27NO2. The molecule has 2 aliphatic heterocycles. The van der Waals surface area contributed by atoms with Gasteiger partial charge in [-0.15, -0.1) is 0 Å². The molecule has 0 saturated heterocycles. The molecule has 2 heterocycles. The molecule has 136 valence electrons. The summed E-state index contributed by atoms with van der Waals surface area (Å²) < 4.78 is 11.9. The fraction of sp³-hybridized carbons (Fsp3) is 0.435. The Labute approximate surface area is 156 Å². The molecule has 0 amide bonds. The van der Waals surface area contributed by atoms with Crippen molar-refractivity contribution < 1.29 is 9.47 Å². The Morgan fingerprint density at radius 2 is 1.81 bits per heavy atom. The van der Waals surface area contributed by atoms with E-state index in [1.165, 1.54) is 28.0 Å². The zero-order valence-electron chi connectivity index (χ0n) is 16.3. The SMILES string of the molecule is COc1cc2c(c3c1OC(C)(C)C3)C(Cc1ccccc1)=NC(C)(C)C2. The van der Waals surface area contributed by atoms with Crippen LogP contribution in [0.25, 0.3) is 0 Å². The summed E-state index contributed by atoms with van der Waals surface area (Å²) in [6.07, 6.45) is 2.65. The molecule has 0 N–H and O–H groups in total. The first-order valence-corrected chi connectivity index (χ1v) is 9.33. The molecule has 0 atom stereocenters. The van der Waals surface area contributed by atoms with E-state index in [1.54, 1.807) is 7.11 Å². The van der Waals surface area contributed by atoms with E-state index in [9.17, 15) is 0 Å². The number of fused-ring (bicyclic) bond motifs is 3. The number of rotatable bonds is 3. The van der Waals surface area contributed by atoms with Crippen LogP contribution in [0, 0.1) is 0 Å². The summed E-state index contributed by atoms with van der Waals surface area (Å²) in [7, 11) is 1.73. The normalized spacial score (nSPS) is 19.2. The Morgan fingerprint density at radius 1 is 1.08 bits per heavy atom. The molecule has 0 bridgehead atoms. The van der Waals surface area contributed by atoms with Crippen LogP contribution in [0.1, 0.15) is 49.9 Å². The van der Waals surface area contributed by atoms with E-state index >= 15 is 0 Å². The maximum absolute atomic E-state index is 6.25. The lowest BCUT2D eigenvalue weighted by Gasteiger charge is -2.31. The van der Waals surface area contributed by atoms with E-state index in [1.807, 2.05) is 0 Å². The molecule has 2 aromatic carbocycles. The van der Waals surface area contributed by atoms with Gasteiger partial charge in [-0.1, -0.05) is 30.3 Å². The van der Waals surface area contributed by atoms with Crippen molar-refractivity contribution in [2.45, 2.75) is 58.1 Å². The van der Waals surface area contributed by atoms with Crippen LogP contribution in [0.2, 0.25) is 0 Å². The highest BCUT2D eigenvalue weighted by Gasteiger charge is 2.39. The van der Waals surface area contributed by atoms with Crippen molar-refractivity contribution in [1.29, 1.82) is 0 Å². The maximum atomic E-state index is 6.25. The minimum atomic E-state index is -0.213. The molecule has 2 aromatic rings. The molecule has 0 saturated carbocycles. The average molecular weight is 349 g/mol. The van der Waals surface area contributed by atoms with Gasteiger partial charge in [0.05, 0.1) is 12.6 Å². The third-order valence-electron chi connectivity index (χ3n) is 5.19. The Morgan fingerprint density at radius 3 is 2.50 bits per heavy atom. The van der Waals surface area contributed by atoms with Gasteiger partial charge in [0, 0.05) is 29.7 Å². The molecule has 3 nitrogen and oxygen atoms in total. The average Bonchev–Trinajstić information content (AvgIpc) is 2.88. The van der Waals surface area contributed by atoms with Crippen molar-refractivity contribution in [1.82, 2.24) is 0 Å². The quantitative estimate of drug-likeness (QED) is 0.799. The van der Waals surface area contributed by atoms with Crippen molar-refractivity contribution in [2.75, 3.05) is 7.11 Å². The van der Waals surface area contributed by atoms with Gasteiger partial charge in [0.15, 0.2) is 11.5 Å². The predicted octanol–water partition coefficient (Wildman–Crippen LogP) is 4.78. The molecule has 0 fully saturated rings. The van der Waals surface area contributed by atoms with E-state index in [2.05, 4.69) is 64.1 Å². The van der Waals surface area contributed by atoms with Gasteiger partial charge in [0.2, 0.25) is 0 Å². The summed E-state index contributed by atoms with van der Waals surface area (Å²) in [4.78, 5) is 5.15. The van der Waals surface area contributed by atoms with Crippen LogP contribution in [-0.4, -0.2) is 24.0 Å². The lowest BCUT2D eigenvalue weighted by molar-refractivity contribution is 0.134. The van der Waals surface area contributed by atoms with Gasteiger partial charge in [-0.05, 0) is 51.3 Å². The summed E-state index contributed by atoms with van der Waals surface area (Å²) in [5.74, 6) is 1.75. The van der Waals surface area contributed by atoms with Crippen LogP contribution in [0.4, 0.5) is 0 Å². The second kappa shape index (κ2) is 5.87. The Bertz CT molecular complexity index is 879. The van der Waals surface area contributed by atoms with Crippen molar-refractivity contribution in [3.05, 3.63) is 58.7 Å². The zero-order chi connectivity index (χ0) is 18.5. The number of ether oxygens (including phenoxy) is 2. The first kappa shape index (κ1) is 17.1. The topological polar surface area (TPSA) is 30.8 Å². The Balaban J connectivity index is 1.88. The number of aliphatic imine (C=N–C) groups is 1. The van der Waals surface area contributed by atoms with E-state index in [0.29, 0.717) is 0 Å². The predicted molar refractivity (Wildman–Crippen MR) is 106 cm³/mol. The third kappa shape index (κ3) is 3.00. The maximum Gasteiger partial charge on any atom is 0.166 e. The third-order valence-corrected chi connectivity index (χ3v) is 5.19. The van der Waals surface area contributed by atoms with Gasteiger partial charge in [-0.25, -0.2) is 0 Å². The second-order valence-corrected chi connectivity index (χ2v) is 8.67. The van der Waals surface area contributed by atoms with Crippen LogP contribution in [0.3, 0.4) is 0 Å². The number of nitrogens with zero attached hydrogens (tertiary/aromatic N) is 1. The van der Waals surface area contributed by atoms with E-state index < -0.39 is 0 Å². The fourth-order valence-corrected chi connectivity index (χ4v) is 4.27. The monoisotopic (exact) mass is 349 g/mol. The fourth-order valence-electron chi connectivity index (χ4n) is 4.27. The van der Waals surface area contributed by atoms with Crippen LogP contribution >= 0.6 is 0 Å². The zero-order valence-corrected chi connectivity index (χ0v) is 16.3. The lowest BCUT2D eigenvalue weighted by atomic mass is 9.81. The van der Waals surface area contributed by atoms with Crippen molar-refractivity contribution in [2.24, 2.45) is 4.99 Å². The number of hydrogen-bond acceptors (Lipinski definition) is 3. The van der Waals surface area contributed by atoms with E-state index in [-0.39, 0.29) is 11.1 Å². The molecule has 0 radical (unpaired) electrons. The minimum Gasteiger partial charge on any atom is -0.493 e. The molecule has 26 heavy (non-hydrogen) atoms. The highest BCUT2D eigenvalue weighted by molar-refractivity contribution is 6.06. The van der Waals surface area contributed by atoms with Gasteiger partial charge >= 0.3 is 0 Å². The van der Waals surface area contributed by atoms with Gasteiger partial charge in [0.25, 0.3) is 0 Å². The molecule has 0 aromatic heterocycles. The molecular weight excluding hydrogens is 322 g/mol. The largest absolute Gasteiger partial charge is 0.493 e. The van der Waals surface area contributed by atoms with E-state index in [0.717, 1.165) is 30.8 Å². The van der Waals surface area contributed by atoms with Gasteiger partial charge < -0.3 is 9.47 Å². The van der Waals surface area contributed by atoms with Crippen molar-refractivity contribution >= 4 is 5.71 Å². The molecule has 0 unspecified atom stereocenters. The molecule has 4 rings (SSSR count). The van der Waals surface area contributed by atoms with Crippen molar-refractivity contribution in [3.8, 4) is 11.5 Å². The molecule has 0 spiro atoms. The van der Waals surface area contributed by atoms with Crippen molar-refractivity contribution in [3.63, 3.8) is 0 Å². The summed E-state index contributed by atoms with van der Waals surface area (Å²) in [5, 5.41) is 0. The van der Waals surface area contributed by atoms with Crippen LogP contribution < -0.4 is 9.47 Å². The highest BCUT2D eigenvalue weighted by Crippen LogP contribution is 2.47. The Hall–Kier alpha value is -2.29. The Kier molecular flexibility index (Phi) is 3.87. The minimum absolute atomic E-state index is 0.106. The molecule has 2 aliphatic rings. The van der Waals surface area contributed by atoms with E-state index in [4.69, 9.17) is 14.5 Å². The number of hydrogen-bond donors (Lipinski definition) is 0. The summed E-state index contributed by atoms with van der Waals surface area (Å²) in [6.45, 7) is 8.70. The van der Waals surface area contributed by atoms with Crippen LogP contribution in [0.5, 0.6) is 11.5 Å². The number of benzene rings is 2. The number of methoxy groups -OCH3 is 1. The second-order valence-electron chi connectivity index (χ2n) is 8.67. The summed E-state index contributed by atoms with van der Waals surface area (Å²) >= 11 is 0. The van der Waals surface area contributed by atoms with Crippen LogP contribution in [-0.2, 0) is 19.3 Å². The van der Waals surface area contributed by atoms with Gasteiger partial charge in [0.1, 0.15) is 5.60 Å². The van der Waals surface area contributed by atoms with Crippen LogP contribution in [0.15, 0.2) is 41.4 Å². The van der Waals surface area contributed by atoms with Gasteiger partial charge in [-0.2, -0.15) is 0 Å². The standard InChI is InChI=1S/C23H27NO2/c1-22(2)13-16-12-19(25-5)21-17(14-23(3,4)26-21)20(16)18(24-22)11-15-9-7-6-8-10-15/h6-10,12H,11,13-14H2,1-5H3. The lowest BCUT2D eigenvalue weighted by Crippen LogP contribution is -2.31. The highest BCUT2D eigenvalue weighted by atomic mass is 16.5. The molecule has 0 aliphatic carbocycles. The molecule has 3 heteroatoms.